The van der Waals surface area contributed by atoms with Gasteiger partial charge in [-0.1, -0.05) is 42.5 Å². The van der Waals surface area contributed by atoms with Crippen molar-refractivity contribution in [1.82, 2.24) is 21.3 Å². The van der Waals surface area contributed by atoms with Crippen molar-refractivity contribution < 1.29 is 29.0 Å². The standard InChI is InChI=1S/C28H37N5O6/c1-18-25(35)32-22(12-7-8-14-29)27(37)31-20(15-19-9-3-2-4-10-19)17-39-24-13-6-5-11-21(24)26(36)33-23(16-34)28(38)30-18/h2-6,9-11,13,18,20,22-23,34H,7-8,12,14-17,29H2,1H3,(H,30,38)(H,31,37)(H,32,35)(H,33,36)/t18-,20-,22-,23-/m0/s1. The van der Waals surface area contributed by atoms with E-state index in [4.69, 9.17) is 10.5 Å². The van der Waals surface area contributed by atoms with Gasteiger partial charge in [0.05, 0.1) is 18.2 Å². The van der Waals surface area contributed by atoms with Crippen LogP contribution in [0.5, 0.6) is 5.75 Å². The number of aliphatic hydroxyl groups is 1. The summed E-state index contributed by atoms with van der Waals surface area (Å²) in [5.41, 5.74) is 6.75. The predicted molar refractivity (Wildman–Crippen MR) is 145 cm³/mol. The Hall–Kier alpha value is -3.96. The average molecular weight is 540 g/mol. The fraction of sp³-hybridized carbons (Fsp3) is 0.429. The van der Waals surface area contributed by atoms with Crippen LogP contribution in [-0.2, 0) is 20.8 Å². The molecule has 1 heterocycles. The number of aliphatic hydroxyl groups excluding tert-OH is 1. The lowest BCUT2D eigenvalue weighted by atomic mass is 10.0. The highest BCUT2D eigenvalue weighted by atomic mass is 16.5. The molecule has 0 aliphatic carbocycles. The summed E-state index contributed by atoms with van der Waals surface area (Å²) in [6.45, 7) is 1.27. The van der Waals surface area contributed by atoms with Crippen LogP contribution in [0.4, 0.5) is 0 Å². The number of hydrogen-bond acceptors (Lipinski definition) is 7. The maximum absolute atomic E-state index is 13.4. The van der Waals surface area contributed by atoms with Crippen LogP contribution in [0.25, 0.3) is 0 Å². The molecule has 210 valence electrons. The third kappa shape index (κ3) is 8.79. The van der Waals surface area contributed by atoms with Gasteiger partial charge in [-0.2, -0.15) is 0 Å². The van der Waals surface area contributed by atoms with Gasteiger partial charge in [-0.25, -0.2) is 0 Å². The van der Waals surface area contributed by atoms with Gasteiger partial charge in [0.25, 0.3) is 5.91 Å². The number of benzene rings is 2. The van der Waals surface area contributed by atoms with E-state index in [-0.39, 0.29) is 17.9 Å². The molecule has 39 heavy (non-hydrogen) atoms. The lowest BCUT2D eigenvalue weighted by molar-refractivity contribution is -0.132. The Kier molecular flexibility index (Phi) is 11.3. The molecular weight excluding hydrogens is 502 g/mol. The van der Waals surface area contributed by atoms with Crippen molar-refractivity contribution in [2.24, 2.45) is 5.73 Å². The Balaban J connectivity index is 1.94. The Morgan fingerprint density at radius 2 is 1.54 bits per heavy atom. The number of nitrogens with two attached hydrogens (primary N) is 1. The molecule has 11 heteroatoms. The van der Waals surface area contributed by atoms with Crippen molar-refractivity contribution in [3.63, 3.8) is 0 Å². The van der Waals surface area contributed by atoms with Gasteiger partial charge in [-0.15, -0.1) is 0 Å². The first-order valence-corrected chi connectivity index (χ1v) is 13.1. The summed E-state index contributed by atoms with van der Waals surface area (Å²) in [6, 6.07) is 12.4. The number of rotatable bonds is 7. The molecule has 0 spiro atoms. The first-order valence-electron chi connectivity index (χ1n) is 13.1. The second-order valence-electron chi connectivity index (χ2n) is 9.49. The van der Waals surface area contributed by atoms with Crippen molar-refractivity contribution in [2.75, 3.05) is 19.8 Å². The molecule has 0 fully saturated rings. The molecule has 0 unspecified atom stereocenters. The monoisotopic (exact) mass is 539 g/mol. The second-order valence-corrected chi connectivity index (χ2v) is 9.49. The molecule has 7 N–H and O–H groups in total. The van der Waals surface area contributed by atoms with Gasteiger partial charge < -0.3 is 36.8 Å². The number of para-hydroxylation sites is 1. The maximum Gasteiger partial charge on any atom is 0.255 e. The molecule has 0 saturated heterocycles. The summed E-state index contributed by atoms with van der Waals surface area (Å²) in [5, 5.41) is 20.5. The van der Waals surface area contributed by atoms with Crippen LogP contribution < -0.4 is 31.7 Å². The molecule has 1 aliphatic rings. The summed E-state index contributed by atoms with van der Waals surface area (Å²) < 4.78 is 6.02. The van der Waals surface area contributed by atoms with Crippen LogP contribution in [0, 0.1) is 0 Å². The zero-order valence-electron chi connectivity index (χ0n) is 22.0. The highest BCUT2D eigenvalue weighted by Crippen LogP contribution is 2.19. The van der Waals surface area contributed by atoms with Crippen molar-refractivity contribution in [2.45, 2.75) is 56.8 Å². The lowest BCUT2D eigenvalue weighted by Gasteiger charge is -2.26. The third-order valence-corrected chi connectivity index (χ3v) is 6.38. The summed E-state index contributed by atoms with van der Waals surface area (Å²) in [4.78, 5) is 52.1. The van der Waals surface area contributed by atoms with E-state index in [0.717, 1.165) is 5.56 Å². The zero-order valence-corrected chi connectivity index (χ0v) is 22.0. The normalized spacial score (nSPS) is 22.9. The molecule has 0 aromatic heterocycles. The van der Waals surface area contributed by atoms with E-state index in [1.54, 1.807) is 18.2 Å². The minimum absolute atomic E-state index is 0.0364. The quantitative estimate of drug-likeness (QED) is 0.269. The zero-order chi connectivity index (χ0) is 28.2. The number of fused-ring (bicyclic) bond motifs is 1. The van der Waals surface area contributed by atoms with Gasteiger partial charge in [0, 0.05) is 0 Å². The van der Waals surface area contributed by atoms with Crippen LogP contribution in [0.1, 0.15) is 42.1 Å². The van der Waals surface area contributed by atoms with Crippen molar-refractivity contribution in [3.05, 3.63) is 65.7 Å². The molecule has 0 bridgehead atoms. The van der Waals surface area contributed by atoms with E-state index in [0.29, 0.717) is 32.2 Å². The fourth-order valence-corrected chi connectivity index (χ4v) is 4.19. The van der Waals surface area contributed by atoms with Crippen molar-refractivity contribution in [3.8, 4) is 5.75 Å². The van der Waals surface area contributed by atoms with Crippen LogP contribution in [0.15, 0.2) is 54.6 Å². The minimum atomic E-state index is -1.30. The van der Waals surface area contributed by atoms with Crippen LogP contribution >= 0.6 is 0 Å². The predicted octanol–water partition coefficient (Wildman–Crippen LogP) is 0.0157. The van der Waals surface area contributed by atoms with Crippen LogP contribution in [0.2, 0.25) is 0 Å². The number of nitrogens with one attached hydrogen (secondary N) is 4. The first-order chi connectivity index (χ1) is 18.8. The largest absolute Gasteiger partial charge is 0.491 e. The number of unbranched alkanes of at least 4 members (excludes halogenated alkanes) is 1. The van der Waals surface area contributed by atoms with E-state index in [1.165, 1.54) is 13.0 Å². The summed E-state index contributed by atoms with van der Waals surface area (Å²) in [7, 11) is 0. The van der Waals surface area contributed by atoms with Gasteiger partial charge in [-0.3, -0.25) is 19.2 Å². The minimum Gasteiger partial charge on any atom is -0.491 e. The third-order valence-electron chi connectivity index (χ3n) is 6.38. The summed E-state index contributed by atoms with van der Waals surface area (Å²) in [6.07, 6.45) is 2.09. The Bertz CT molecular complexity index is 1130. The van der Waals surface area contributed by atoms with Gasteiger partial charge >= 0.3 is 0 Å². The van der Waals surface area contributed by atoms with E-state index < -0.39 is 54.4 Å². The van der Waals surface area contributed by atoms with Crippen molar-refractivity contribution >= 4 is 23.6 Å². The Morgan fingerprint density at radius 1 is 0.846 bits per heavy atom. The maximum atomic E-state index is 13.4. The van der Waals surface area contributed by atoms with Gasteiger partial charge in [0.2, 0.25) is 17.7 Å². The van der Waals surface area contributed by atoms with E-state index in [9.17, 15) is 24.3 Å². The van der Waals surface area contributed by atoms with E-state index in [1.807, 2.05) is 30.3 Å². The molecule has 0 radical (unpaired) electrons. The van der Waals surface area contributed by atoms with E-state index in [2.05, 4.69) is 21.3 Å². The molecule has 2 aromatic rings. The average Bonchev–Trinajstić information content (AvgIpc) is 2.94. The highest BCUT2D eigenvalue weighted by Gasteiger charge is 2.29. The van der Waals surface area contributed by atoms with Crippen LogP contribution in [0.3, 0.4) is 0 Å². The van der Waals surface area contributed by atoms with Gasteiger partial charge in [-0.05, 0) is 56.8 Å². The number of carbonyl (C=O) groups excluding carboxylic acids is 4. The second kappa shape index (κ2) is 14.8. The summed E-state index contributed by atoms with van der Waals surface area (Å²) >= 11 is 0. The molecule has 3 rings (SSSR count). The lowest BCUT2D eigenvalue weighted by Crippen LogP contribution is -2.57. The molecular formula is C28H37N5O6. The molecule has 0 saturated carbocycles. The smallest absolute Gasteiger partial charge is 0.255 e. The topological polar surface area (TPSA) is 172 Å². The molecule has 2 aromatic carbocycles. The molecule has 1 aliphatic heterocycles. The summed E-state index contributed by atoms with van der Waals surface area (Å²) in [5.74, 6) is -2.09. The van der Waals surface area contributed by atoms with Gasteiger partial charge in [0.15, 0.2) is 0 Å². The molecule has 11 nitrogen and oxygen atoms in total. The Morgan fingerprint density at radius 3 is 2.26 bits per heavy atom. The first kappa shape index (κ1) is 29.6. The fourth-order valence-electron chi connectivity index (χ4n) is 4.19. The van der Waals surface area contributed by atoms with Crippen molar-refractivity contribution in [1.29, 1.82) is 0 Å². The number of ether oxygens (including phenoxy) is 1. The Labute approximate surface area is 227 Å². The van der Waals surface area contributed by atoms with Crippen LogP contribution in [-0.4, -0.2) is 72.7 Å². The number of hydrogen-bond donors (Lipinski definition) is 6. The highest BCUT2D eigenvalue weighted by molar-refractivity contribution is 6.00. The molecule has 4 atom stereocenters. The SMILES string of the molecule is C[C@@H]1NC(=O)[C@H](CO)NC(=O)c2ccccc2OC[C@H](Cc2ccccc2)NC(=O)[C@H](CCCCN)NC1=O. The number of carbonyl (C=O) groups is 4. The van der Waals surface area contributed by atoms with Gasteiger partial charge in [0.1, 0.15) is 30.5 Å². The number of amides is 4. The van der Waals surface area contributed by atoms with E-state index >= 15 is 0 Å². The molecule has 4 amide bonds.